The molecule has 22 nitrogen and oxygen atoms in total. The fourth-order valence-electron chi connectivity index (χ4n) is 10.5. The van der Waals surface area contributed by atoms with E-state index < -0.39 is 113 Å². The molecule has 26 heteroatoms. The van der Waals surface area contributed by atoms with Gasteiger partial charge in [0.15, 0.2) is 42.5 Å². The number of esters is 1. The average molecular weight is 1290 g/mol. The van der Waals surface area contributed by atoms with Gasteiger partial charge in [-0.05, 0) is 79.4 Å². The Labute approximate surface area is 512 Å². The zero-order valence-corrected chi connectivity index (χ0v) is 50.0. The molecule has 0 saturated carbocycles. The van der Waals surface area contributed by atoms with Crippen molar-refractivity contribution in [3.05, 3.63) is 251 Å². The molecule has 11 rings (SSSR count). The molecule has 1 aliphatic heterocycles. The van der Waals surface area contributed by atoms with E-state index in [0.717, 1.165) is 17.5 Å². The van der Waals surface area contributed by atoms with Gasteiger partial charge in [0, 0.05) is 54.9 Å². The number of rotatable bonds is 17. The van der Waals surface area contributed by atoms with Crippen LogP contribution >= 0.6 is 0 Å². The van der Waals surface area contributed by atoms with Gasteiger partial charge in [0.1, 0.15) is 21.5 Å². The molecule has 90 heavy (non-hydrogen) atoms. The first-order chi connectivity index (χ1) is 42.7. The van der Waals surface area contributed by atoms with Crippen LogP contribution in [0.1, 0.15) is 61.1 Å². The molecular formula is C64H48N4O18S4. The molecule has 0 spiro atoms. The molecule has 7 N–H and O–H groups in total. The third-order valence-electron chi connectivity index (χ3n) is 14.7. The van der Waals surface area contributed by atoms with E-state index in [0.29, 0.717) is 0 Å². The lowest BCUT2D eigenvalue weighted by Crippen LogP contribution is -2.33. The highest BCUT2D eigenvalue weighted by Crippen LogP contribution is 2.41. The van der Waals surface area contributed by atoms with Crippen LogP contribution in [0, 0.1) is 16.4 Å². The molecule has 1 unspecified atom stereocenters. The fraction of sp³-hybridized carbons (Fsp3) is 0.0781. The Balaban J connectivity index is 0.000000229. The number of aliphatic hydroxyl groups excluding tert-OH is 1. The van der Waals surface area contributed by atoms with Gasteiger partial charge in [-0.25, -0.2) is 21.8 Å². The molecule has 8 aromatic carbocycles. The number of nitrogens with two attached hydrogens (primary N) is 1. The number of hydrogen-bond donors (Lipinski definition) is 6. The first-order valence-electron chi connectivity index (χ1n) is 26.8. The van der Waals surface area contributed by atoms with E-state index >= 15 is 0 Å². The van der Waals surface area contributed by atoms with Crippen LogP contribution in [0.3, 0.4) is 0 Å². The predicted molar refractivity (Wildman–Crippen MR) is 333 cm³/mol. The SMILES string of the molecule is C=CS(=O)(=O)c1ccc(Nc2cc(S(=O)(=O)O)c(N)c3c2C(=O)c2ccccc2C3=O)cc1.CCOC(=O)C(CCS(=O)(=O)c1ccc(Nc2cc(S(=O)(=O)O)c3nc(=O)c(=C(O)c4ccccc4)c4c5ccccc5c(=O)c2c3=4)cc1)C(=O)c1ccccc1. The molecule has 3 aliphatic rings. The van der Waals surface area contributed by atoms with Crippen LogP contribution in [-0.2, 0) is 49.4 Å². The maximum absolute atomic E-state index is 14.3. The molecule has 8 aromatic rings. The summed E-state index contributed by atoms with van der Waals surface area (Å²) in [6.07, 6.45) is -0.349. The van der Waals surface area contributed by atoms with Crippen LogP contribution in [0.4, 0.5) is 28.4 Å². The predicted octanol–water partition coefficient (Wildman–Crippen LogP) is 7.87. The summed E-state index contributed by atoms with van der Waals surface area (Å²) in [6.45, 7) is 4.83. The van der Waals surface area contributed by atoms with Gasteiger partial charge in [0.25, 0.3) is 25.8 Å². The summed E-state index contributed by atoms with van der Waals surface area (Å²) in [5.41, 5.74) is 3.70. The van der Waals surface area contributed by atoms with Gasteiger partial charge >= 0.3 is 5.97 Å². The van der Waals surface area contributed by atoms with Crippen LogP contribution in [-0.4, -0.2) is 88.5 Å². The second-order valence-electron chi connectivity index (χ2n) is 20.2. The molecule has 0 saturated heterocycles. The Hall–Kier alpha value is -10.4. The molecule has 0 radical (unpaired) electrons. The lowest BCUT2D eigenvalue weighted by Gasteiger charge is -2.23. The van der Waals surface area contributed by atoms with E-state index in [9.17, 15) is 76.7 Å². The molecule has 0 fully saturated rings. The molecule has 0 bridgehead atoms. The summed E-state index contributed by atoms with van der Waals surface area (Å²) in [7, 11) is -17.7. The smallest absolute Gasteiger partial charge is 0.316 e. The van der Waals surface area contributed by atoms with Gasteiger partial charge in [0.05, 0.1) is 66.5 Å². The first kappa shape index (κ1) is 62.7. The monoisotopic (exact) mass is 1290 g/mol. The minimum atomic E-state index is -5.09. The molecule has 0 aromatic heterocycles. The summed E-state index contributed by atoms with van der Waals surface area (Å²) in [5, 5.41) is 17.9. The Morgan fingerprint density at radius 1 is 0.622 bits per heavy atom. The van der Waals surface area contributed by atoms with Crippen LogP contribution in [0.15, 0.2) is 211 Å². The molecule has 0 amide bonds. The van der Waals surface area contributed by atoms with Gasteiger partial charge in [-0.2, -0.15) is 16.8 Å². The second kappa shape index (κ2) is 24.3. The van der Waals surface area contributed by atoms with Gasteiger partial charge in [-0.1, -0.05) is 116 Å². The standard InChI is InChI=1S/C42H32N2O11S2.C22H16N2O7S2/c1-2-55-42(49)30(38(45)24-11-5-3-6-12-24)21-22-56(50,51)27-19-17-26(18-20-27)43-31-23-32(57(52,53)54)37-35-33(28-15-9-10-16-29(28)40(47)34(31)35)36(41(48)44-37)39(46)25-13-7-4-8-14-25;1-2-32(27,28)13-9-7-12(8-10-13)24-16-11-17(33(29,30)31)20(23)19-18(16)21(25)14-5-3-4-6-15(14)22(19)26/h3-20,23,30,43,46H,2,21-22H2,1H3,(H,52,53,54);2-11,24H,1,23H2,(H,29,30,31). The van der Waals surface area contributed by atoms with Crippen molar-refractivity contribution in [2.45, 2.75) is 32.9 Å². The summed E-state index contributed by atoms with van der Waals surface area (Å²) in [4.78, 5) is 82.6. The number of hydrogen-bond acceptors (Lipinski definition) is 20. The molecule has 2 aliphatic carbocycles. The number of fused-ring (bicyclic) bond motifs is 4. The molecule has 1 heterocycles. The third kappa shape index (κ3) is 11.9. The van der Waals surface area contributed by atoms with Crippen molar-refractivity contribution in [2.24, 2.45) is 5.92 Å². The van der Waals surface area contributed by atoms with E-state index in [1.165, 1.54) is 78.9 Å². The molecule has 456 valence electrons. The average Bonchev–Trinajstić information content (AvgIpc) is 0.711. The maximum atomic E-state index is 14.3. The number of carbonyl (C=O) groups is 4. The highest BCUT2D eigenvalue weighted by atomic mass is 32.2. The topological polar surface area (TPSA) is 372 Å². The minimum Gasteiger partial charge on any atom is -0.506 e. The lowest BCUT2D eigenvalue weighted by atomic mass is 9.82. The molecule has 1 atom stereocenters. The maximum Gasteiger partial charge on any atom is 0.316 e. The number of aromatic nitrogens is 1. The number of nitrogen functional groups attached to an aromatic ring is 1. The Morgan fingerprint density at radius 2 is 1.12 bits per heavy atom. The number of aliphatic hydroxyl groups is 1. The van der Waals surface area contributed by atoms with E-state index in [2.05, 4.69) is 22.2 Å². The van der Waals surface area contributed by atoms with Gasteiger partial charge < -0.3 is 26.2 Å². The Morgan fingerprint density at radius 3 is 1.68 bits per heavy atom. The summed E-state index contributed by atoms with van der Waals surface area (Å²) >= 11 is 0. The van der Waals surface area contributed by atoms with Crippen LogP contribution in [0.2, 0.25) is 0 Å². The fourth-order valence-corrected chi connectivity index (χ4v) is 13.8. The number of ketones is 3. The summed E-state index contributed by atoms with van der Waals surface area (Å²) in [5.74, 6) is -5.06. The number of nitrogens with one attached hydrogen (secondary N) is 2. The number of anilines is 5. The Bertz CT molecular complexity index is 5390. The highest BCUT2D eigenvalue weighted by Gasteiger charge is 2.37. The third-order valence-corrected chi connectivity index (χ3v) is 19.6. The van der Waals surface area contributed by atoms with Crippen LogP contribution < -0.4 is 32.6 Å². The van der Waals surface area contributed by atoms with Crippen molar-refractivity contribution < 1.29 is 71.8 Å². The lowest BCUT2D eigenvalue weighted by molar-refractivity contribution is -0.146. The summed E-state index contributed by atoms with van der Waals surface area (Å²) in [6, 6.07) is 40.9. The van der Waals surface area contributed by atoms with Crippen molar-refractivity contribution in [1.29, 1.82) is 0 Å². The van der Waals surface area contributed by atoms with Crippen molar-refractivity contribution >= 4 is 119 Å². The minimum absolute atomic E-state index is 0.00531. The number of nitrogens with zero attached hydrogens (tertiary/aromatic N) is 1. The number of ether oxygens (including phenoxy) is 1. The van der Waals surface area contributed by atoms with Crippen molar-refractivity contribution in [3.63, 3.8) is 0 Å². The molecular weight excluding hydrogens is 1240 g/mol. The normalized spacial score (nSPS) is 13.1. The van der Waals surface area contributed by atoms with Gasteiger partial charge in [-0.3, -0.25) is 37.9 Å². The van der Waals surface area contributed by atoms with Gasteiger partial charge in [0.2, 0.25) is 0 Å². The van der Waals surface area contributed by atoms with Crippen molar-refractivity contribution in [1.82, 2.24) is 4.98 Å². The van der Waals surface area contributed by atoms with E-state index in [1.807, 2.05) is 0 Å². The zero-order chi connectivity index (χ0) is 64.8. The summed E-state index contributed by atoms with van der Waals surface area (Å²) < 4.78 is 126. The first-order valence-corrected chi connectivity index (χ1v) is 32.9. The van der Waals surface area contributed by atoms with Gasteiger partial charge in [-0.15, -0.1) is 0 Å². The quantitative estimate of drug-likeness (QED) is 0.0166. The number of benzene rings is 8. The number of sulfone groups is 2. The zero-order valence-electron chi connectivity index (χ0n) is 46.8. The Kier molecular flexibility index (Phi) is 16.9. The van der Waals surface area contributed by atoms with Crippen molar-refractivity contribution in [3.8, 4) is 0 Å². The second-order valence-corrected chi connectivity index (χ2v) is 27.0. The van der Waals surface area contributed by atoms with E-state index in [-0.39, 0.29) is 111 Å². The van der Waals surface area contributed by atoms with E-state index in [4.69, 9.17) is 10.5 Å². The van der Waals surface area contributed by atoms with E-state index in [1.54, 1.807) is 85.8 Å². The highest BCUT2D eigenvalue weighted by molar-refractivity contribution is 7.94. The van der Waals surface area contributed by atoms with Crippen LogP contribution in [0.5, 0.6) is 0 Å². The van der Waals surface area contributed by atoms with Crippen LogP contribution in [0.25, 0.3) is 27.4 Å². The number of carbonyl (C=O) groups excluding carboxylic acids is 4. The largest absolute Gasteiger partial charge is 0.506 e. The number of Topliss-reactive ketones (excluding diaryl/α,β-unsaturated/α-hetero) is 1. The van der Waals surface area contributed by atoms with Crippen molar-refractivity contribution in [2.75, 3.05) is 28.7 Å².